The largest absolute Gasteiger partial charge is 0.478 e. The van der Waals surface area contributed by atoms with Gasteiger partial charge in [0.25, 0.3) is 0 Å². The first-order valence-corrected chi connectivity index (χ1v) is 7.98. The number of hydrogen-bond acceptors (Lipinski definition) is 3. The molecular formula is C13H17NO4S. The molecule has 0 bridgehead atoms. The van der Waals surface area contributed by atoms with Gasteiger partial charge in [-0.2, -0.15) is 0 Å². The van der Waals surface area contributed by atoms with Crippen molar-refractivity contribution in [3.63, 3.8) is 0 Å². The highest BCUT2D eigenvalue weighted by atomic mass is 32.2. The molecule has 1 aromatic rings. The minimum atomic E-state index is -3.11. The number of hydrogen-bond donors (Lipinski definition) is 1. The Morgan fingerprint density at radius 1 is 1.47 bits per heavy atom. The number of carbonyl (C=O) groups is 1. The van der Waals surface area contributed by atoms with Crippen LogP contribution in [0.15, 0.2) is 24.3 Å². The Bertz CT molecular complexity index is 582. The molecule has 1 fully saturated rings. The first-order chi connectivity index (χ1) is 8.86. The molecule has 1 atom stereocenters. The van der Waals surface area contributed by atoms with Crippen molar-refractivity contribution in [1.29, 1.82) is 0 Å². The van der Waals surface area contributed by atoms with Crippen LogP contribution in [0.3, 0.4) is 0 Å². The van der Waals surface area contributed by atoms with Gasteiger partial charge in [0.05, 0.1) is 11.8 Å². The molecule has 0 unspecified atom stereocenters. The van der Waals surface area contributed by atoms with Gasteiger partial charge >= 0.3 is 5.97 Å². The monoisotopic (exact) mass is 283 g/mol. The van der Waals surface area contributed by atoms with Gasteiger partial charge in [0.15, 0.2) is 0 Å². The van der Waals surface area contributed by atoms with Gasteiger partial charge in [0, 0.05) is 13.1 Å². The molecule has 1 aliphatic rings. The Labute approximate surface area is 112 Å². The molecule has 1 saturated heterocycles. The van der Waals surface area contributed by atoms with E-state index in [1.54, 1.807) is 18.2 Å². The molecule has 1 N–H and O–H groups in total. The van der Waals surface area contributed by atoms with Crippen LogP contribution in [0, 0.1) is 5.92 Å². The molecule has 6 heteroatoms. The predicted molar refractivity (Wildman–Crippen MR) is 71.6 cm³/mol. The maximum Gasteiger partial charge on any atom is 0.335 e. The first-order valence-electron chi connectivity index (χ1n) is 6.13. The second-order valence-corrected chi connectivity index (χ2v) is 6.97. The highest BCUT2D eigenvalue weighted by Gasteiger charge is 2.28. The number of nitrogens with zero attached hydrogens (tertiary/aromatic N) is 1. The van der Waals surface area contributed by atoms with Crippen LogP contribution < -0.4 is 0 Å². The molecule has 0 aliphatic carbocycles. The van der Waals surface area contributed by atoms with Crippen molar-refractivity contribution in [2.75, 3.05) is 19.3 Å². The van der Waals surface area contributed by atoms with Crippen LogP contribution in [0.4, 0.5) is 0 Å². The number of aromatic carboxylic acids is 1. The van der Waals surface area contributed by atoms with Gasteiger partial charge in [-0.25, -0.2) is 17.5 Å². The van der Waals surface area contributed by atoms with Gasteiger partial charge in [-0.1, -0.05) is 12.1 Å². The van der Waals surface area contributed by atoms with Gasteiger partial charge in [-0.3, -0.25) is 0 Å². The summed E-state index contributed by atoms with van der Waals surface area (Å²) in [6.07, 6.45) is 2.76. The minimum absolute atomic E-state index is 0.263. The fourth-order valence-corrected chi connectivity index (χ4v) is 3.35. The third-order valence-electron chi connectivity index (χ3n) is 3.42. The summed E-state index contributed by atoms with van der Waals surface area (Å²) in [6, 6.07) is 6.83. The molecule has 1 heterocycles. The van der Waals surface area contributed by atoms with E-state index >= 15 is 0 Å². The van der Waals surface area contributed by atoms with Gasteiger partial charge < -0.3 is 5.11 Å². The van der Waals surface area contributed by atoms with Crippen molar-refractivity contribution in [3.05, 3.63) is 35.4 Å². The third-order valence-corrected chi connectivity index (χ3v) is 4.69. The molecule has 0 aromatic heterocycles. The fraction of sp³-hybridized carbons (Fsp3) is 0.462. The summed E-state index contributed by atoms with van der Waals surface area (Å²) in [4.78, 5) is 10.9. The smallest absolute Gasteiger partial charge is 0.335 e. The summed E-state index contributed by atoms with van der Waals surface area (Å²) in [5, 5.41) is 8.93. The van der Waals surface area contributed by atoms with E-state index in [-0.39, 0.29) is 11.5 Å². The fourth-order valence-electron chi connectivity index (χ4n) is 2.43. The van der Waals surface area contributed by atoms with Crippen LogP contribution in [0.25, 0.3) is 0 Å². The maximum atomic E-state index is 11.4. The molecule has 1 aliphatic heterocycles. The Kier molecular flexibility index (Phi) is 3.91. The molecule has 104 valence electrons. The summed E-state index contributed by atoms with van der Waals surface area (Å²) in [6.45, 7) is 1.08. The first kappa shape index (κ1) is 14.0. The van der Waals surface area contributed by atoms with Crippen LogP contribution in [0.1, 0.15) is 22.3 Å². The molecule has 5 nitrogen and oxygen atoms in total. The molecule has 0 spiro atoms. The van der Waals surface area contributed by atoms with Gasteiger partial charge in [0.1, 0.15) is 0 Å². The third kappa shape index (κ3) is 3.54. The second kappa shape index (κ2) is 5.30. The lowest BCUT2D eigenvalue weighted by Crippen LogP contribution is -2.27. The number of benzene rings is 1. The van der Waals surface area contributed by atoms with E-state index in [1.807, 2.05) is 6.07 Å². The summed E-state index contributed by atoms with van der Waals surface area (Å²) in [5.74, 6) is -0.676. The molecule has 0 saturated carbocycles. The van der Waals surface area contributed by atoms with Crippen molar-refractivity contribution in [1.82, 2.24) is 4.31 Å². The molecule has 0 amide bonds. The maximum absolute atomic E-state index is 11.4. The predicted octanol–water partition coefficient (Wildman–Crippen LogP) is 1.21. The standard InChI is InChI=1S/C13H17NO4S/c1-19(17,18)14-6-5-11(9-14)7-10-3-2-4-12(8-10)13(15)16/h2-4,8,11H,5-7,9H2,1H3,(H,15,16)/t11-/m0/s1. The van der Waals surface area contributed by atoms with E-state index in [0.717, 1.165) is 12.0 Å². The zero-order chi connectivity index (χ0) is 14.0. The van der Waals surface area contributed by atoms with E-state index in [1.165, 1.54) is 10.6 Å². The van der Waals surface area contributed by atoms with Gasteiger partial charge in [-0.15, -0.1) is 0 Å². The van der Waals surface area contributed by atoms with Crippen molar-refractivity contribution in [3.8, 4) is 0 Å². The van der Waals surface area contributed by atoms with Crippen LogP contribution in [0.5, 0.6) is 0 Å². The topological polar surface area (TPSA) is 74.7 Å². The van der Waals surface area contributed by atoms with Gasteiger partial charge in [0.2, 0.25) is 10.0 Å². The minimum Gasteiger partial charge on any atom is -0.478 e. The van der Waals surface area contributed by atoms with E-state index in [4.69, 9.17) is 5.11 Å². The highest BCUT2D eigenvalue weighted by molar-refractivity contribution is 7.88. The van der Waals surface area contributed by atoms with Crippen LogP contribution in [-0.2, 0) is 16.4 Å². The molecule has 0 radical (unpaired) electrons. The summed E-state index contributed by atoms with van der Waals surface area (Å²) >= 11 is 0. The lowest BCUT2D eigenvalue weighted by molar-refractivity contribution is 0.0696. The van der Waals surface area contributed by atoms with Gasteiger partial charge in [-0.05, 0) is 36.5 Å². The number of carboxylic acid groups (broad SMARTS) is 1. The summed E-state index contributed by atoms with van der Waals surface area (Å²) in [7, 11) is -3.11. The summed E-state index contributed by atoms with van der Waals surface area (Å²) < 4.78 is 24.3. The van der Waals surface area contributed by atoms with E-state index in [2.05, 4.69) is 0 Å². The Hall–Kier alpha value is -1.40. The average Bonchev–Trinajstić information content (AvgIpc) is 2.77. The zero-order valence-electron chi connectivity index (χ0n) is 10.7. The van der Waals surface area contributed by atoms with E-state index < -0.39 is 16.0 Å². The summed E-state index contributed by atoms with van der Waals surface area (Å²) in [5.41, 5.74) is 1.22. The van der Waals surface area contributed by atoms with Crippen LogP contribution >= 0.6 is 0 Å². The highest BCUT2D eigenvalue weighted by Crippen LogP contribution is 2.23. The van der Waals surface area contributed by atoms with Crippen molar-refractivity contribution < 1.29 is 18.3 Å². The van der Waals surface area contributed by atoms with Crippen LogP contribution in [-0.4, -0.2) is 43.1 Å². The quantitative estimate of drug-likeness (QED) is 0.901. The second-order valence-electron chi connectivity index (χ2n) is 4.99. The van der Waals surface area contributed by atoms with Crippen molar-refractivity contribution in [2.24, 2.45) is 5.92 Å². The lowest BCUT2D eigenvalue weighted by Gasteiger charge is -2.13. The lowest BCUT2D eigenvalue weighted by atomic mass is 9.97. The van der Waals surface area contributed by atoms with Crippen LogP contribution in [0.2, 0.25) is 0 Å². The number of sulfonamides is 1. The van der Waals surface area contributed by atoms with E-state index in [9.17, 15) is 13.2 Å². The molecular weight excluding hydrogens is 266 g/mol. The normalized spacial score (nSPS) is 20.6. The Morgan fingerprint density at radius 2 is 2.21 bits per heavy atom. The van der Waals surface area contributed by atoms with E-state index in [0.29, 0.717) is 19.5 Å². The Balaban J connectivity index is 2.03. The SMILES string of the molecule is CS(=O)(=O)N1CC[C@@H](Cc2cccc(C(=O)O)c2)C1. The number of carboxylic acids is 1. The van der Waals surface area contributed by atoms with Crippen molar-refractivity contribution in [2.45, 2.75) is 12.8 Å². The molecule has 19 heavy (non-hydrogen) atoms. The Morgan fingerprint density at radius 3 is 2.79 bits per heavy atom. The number of rotatable bonds is 4. The zero-order valence-corrected chi connectivity index (χ0v) is 11.6. The average molecular weight is 283 g/mol. The molecule has 1 aromatic carbocycles. The molecule has 2 rings (SSSR count). The van der Waals surface area contributed by atoms with Crippen molar-refractivity contribution >= 4 is 16.0 Å².